The molecule has 3 rings (SSSR count). The molecule has 0 bridgehead atoms. The van der Waals surface area contributed by atoms with Gasteiger partial charge in [-0.05, 0) is 36.5 Å². The van der Waals surface area contributed by atoms with Crippen LogP contribution in [-0.2, 0) is 4.79 Å². The maximum absolute atomic E-state index is 12.5. The Labute approximate surface area is 125 Å². The molecule has 1 heterocycles. The van der Waals surface area contributed by atoms with Crippen LogP contribution in [0.25, 0.3) is 0 Å². The highest BCUT2D eigenvalue weighted by molar-refractivity contribution is 6.30. The van der Waals surface area contributed by atoms with E-state index in [9.17, 15) is 4.79 Å². The number of nitrogens with one attached hydrogen (secondary N) is 1. The van der Waals surface area contributed by atoms with Crippen molar-refractivity contribution in [1.29, 1.82) is 0 Å². The van der Waals surface area contributed by atoms with Gasteiger partial charge in [0.2, 0.25) is 5.91 Å². The van der Waals surface area contributed by atoms with Crippen LogP contribution in [0.5, 0.6) is 0 Å². The van der Waals surface area contributed by atoms with E-state index in [1.165, 1.54) is 12.8 Å². The van der Waals surface area contributed by atoms with Gasteiger partial charge in [-0.1, -0.05) is 43.5 Å². The zero-order valence-electron chi connectivity index (χ0n) is 11.8. The van der Waals surface area contributed by atoms with Crippen molar-refractivity contribution in [2.75, 3.05) is 6.54 Å². The molecule has 1 aliphatic carbocycles. The first kappa shape index (κ1) is 13.9. The summed E-state index contributed by atoms with van der Waals surface area (Å²) in [6.07, 6.45) is 4.59. The molecule has 1 saturated heterocycles. The lowest BCUT2D eigenvalue weighted by Crippen LogP contribution is -2.32. The van der Waals surface area contributed by atoms with E-state index in [4.69, 9.17) is 11.6 Å². The fourth-order valence-corrected chi connectivity index (χ4v) is 3.09. The van der Waals surface area contributed by atoms with E-state index >= 15 is 0 Å². The Balaban J connectivity index is 1.79. The van der Waals surface area contributed by atoms with Gasteiger partial charge in [0.25, 0.3) is 0 Å². The van der Waals surface area contributed by atoms with Crippen LogP contribution in [0.15, 0.2) is 24.3 Å². The highest BCUT2D eigenvalue weighted by Gasteiger charge is 2.39. The van der Waals surface area contributed by atoms with Crippen molar-refractivity contribution < 1.29 is 4.79 Å². The van der Waals surface area contributed by atoms with Gasteiger partial charge in [-0.2, -0.15) is 0 Å². The van der Waals surface area contributed by atoms with Crippen molar-refractivity contribution in [2.45, 2.75) is 44.8 Å². The van der Waals surface area contributed by atoms with E-state index in [1.807, 2.05) is 29.2 Å². The predicted molar refractivity (Wildman–Crippen MR) is 80.5 cm³/mol. The van der Waals surface area contributed by atoms with Crippen molar-refractivity contribution in [2.24, 2.45) is 5.92 Å². The maximum Gasteiger partial charge on any atom is 0.241 e. The summed E-state index contributed by atoms with van der Waals surface area (Å²) in [4.78, 5) is 14.5. The number of halogens is 1. The Bertz CT molecular complexity index is 501. The average Bonchev–Trinajstić information content (AvgIpc) is 3.21. The van der Waals surface area contributed by atoms with E-state index in [0.29, 0.717) is 0 Å². The standard InChI is InChI=1S/C16H21ClN2O/c1-2-14-16(20)19(9-8-11-6-7-11)15(18-14)12-4-3-5-13(17)10-12/h3-5,10-11,14-15,18H,2,6-9H2,1H3. The highest BCUT2D eigenvalue weighted by atomic mass is 35.5. The van der Waals surface area contributed by atoms with E-state index in [1.54, 1.807) is 0 Å². The number of benzene rings is 1. The summed E-state index contributed by atoms with van der Waals surface area (Å²) >= 11 is 6.08. The number of hydrogen-bond donors (Lipinski definition) is 1. The second kappa shape index (κ2) is 5.74. The molecule has 108 valence electrons. The zero-order valence-corrected chi connectivity index (χ0v) is 12.6. The van der Waals surface area contributed by atoms with E-state index in [-0.39, 0.29) is 18.1 Å². The quantitative estimate of drug-likeness (QED) is 0.903. The Morgan fingerprint density at radius 2 is 2.20 bits per heavy atom. The zero-order chi connectivity index (χ0) is 14.1. The minimum atomic E-state index is -0.0572. The molecule has 2 fully saturated rings. The lowest BCUT2D eigenvalue weighted by molar-refractivity contribution is -0.130. The largest absolute Gasteiger partial charge is 0.322 e. The molecule has 1 aliphatic heterocycles. The molecule has 2 atom stereocenters. The van der Waals surface area contributed by atoms with Gasteiger partial charge in [0.15, 0.2) is 0 Å². The summed E-state index contributed by atoms with van der Waals surface area (Å²) in [5.41, 5.74) is 1.08. The summed E-state index contributed by atoms with van der Waals surface area (Å²) < 4.78 is 0. The second-order valence-corrected chi connectivity index (χ2v) is 6.29. The molecule has 1 N–H and O–H groups in total. The highest BCUT2D eigenvalue weighted by Crippen LogP contribution is 2.35. The van der Waals surface area contributed by atoms with Crippen molar-refractivity contribution in [3.05, 3.63) is 34.9 Å². The van der Waals surface area contributed by atoms with Gasteiger partial charge in [-0.3, -0.25) is 10.1 Å². The van der Waals surface area contributed by atoms with Gasteiger partial charge in [0, 0.05) is 11.6 Å². The number of rotatable bonds is 5. The number of amides is 1. The van der Waals surface area contributed by atoms with Crippen molar-refractivity contribution in [1.82, 2.24) is 10.2 Å². The molecule has 2 aliphatic rings. The molecule has 1 amide bonds. The molecule has 0 spiro atoms. The third-order valence-electron chi connectivity index (χ3n) is 4.30. The lowest BCUT2D eigenvalue weighted by Gasteiger charge is -2.24. The fourth-order valence-electron chi connectivity index (χ4n) is 2.89. The third-order valence-corrected chi connectivity index (χ3v) is 4.53. The molecule has 3 nitrogen and oxygen atoms in total. The minimum absolute atomic E-state index is 0.0232. The van der Waals surface area contributed by atoms with E-state index in [2.05, 4.69) is 12.2 Å². The number of nitrogens with zero attached hydrogens (tertiary/aromatic N) is 1. The lowest BCUT2D eigenvalue weighted by atomic mass is 10.1. The topological polar surface area (TPSA) is 32.3 Å². The van der Waals surface area contributed by atoms with Crippen molar-refractivity contribution in [3.63, 3.8) is 0 Å². The average molecular weight is 293 g/mol. The first-order valence-corrected chi connectivity index (χ1v) is 7.89. The first-order valence-electron chi connectivity index (χ1n) is 7.51. The van der Waals surface area contributed by atoms with Crippen LogP contribution in [0.2, 0.25) is 5.02 Å². The van der Waals surface area contributed by atoms with Gasteiger partial charge in [0.05, 0.1) is 6.04 Å². The molecule has 1 aromatic rings. The molecule has 0 radical (unpaired) electrons. The summed E-state index contributed by atoms with van der Waals surface area (Å²) in [6, 6.07) is 7.75. The van der Waals surface area contributed by atoms with Crippen LogP contribution in [0.4, 0.5) is 0 Å². The van der Waals surface area contributed by atoms with Crippen LogP contribution in [0, 0.1) is 5.92 Å². The molecule has 1 aromatic carbocycles. The van der Waals surface area contributed by atoms with Crippen molar-refractivity contribution in [3.8, 4) is 0 Å². The fraction of sp³-hybridized carbons (Fsp3) is 0.562. The van der Waals surface area contributed by atoms with Crippen LogP contribution in [0.1, 0.15) is 44.3 Å². The van der Waals surface area contributed by atoms with Crippen molar-refractivity contribution >= 4 is 17.5 Å². The van der Waals surface area contributed by atoms with Gasteiger partial charge < -0.3 is 4.90 Å². The van der Waals surface area contributed by atoms with Gasteiger partial charge in [-0.25, -0.2) is 0 Å². The number of carbonyl (C=O) groups excluding carboxylic acids is 1. The Hall–Kier alpha value is -1.06. The number of hydrogen-bond acceptors (Lipinski definition) is 2. The summed E-state index contributed by atoms with van der Waals surface area (Å²) in [6.45, 7) is 2.90. The van der Waals surface area contributed by atoms with Gasteiger partial charge in [-0.15, -0.1) is 0 Å². The molecule has 0 aromatic heterocycles. The SMILES string of the molecule is CCC1NC(c2cccc(Cl)c2)N(CCC2CC2)C1=O. The molecular weight excluding hydrogens is 272 g/mol. The van der Waals surface area contributed by atoms with Gasteiger partial charge in [0.1, 0.15) is 6.17 Å². The maximum atomic E-state index is 12.5. The second-order valence-electron chi connectivity index (χ2n) is 5.85. The summed E-state index contributed by atoms with van der Waals surface area (Å²) in [5, 5.41) is 4.17. The monoisotopic (exact) mass is 292 g/mol. The Kier molecular flexibility index (Phi) is 3.99. The Morgan fingerprint density at radius 1 is 1.40 bits per heavy atom. The van der Waals surface area contributed by atoms with Gasteiger partial charge >= 0.3 is 0 Å². The van der Waals surface area contributed by atoms with E-state index in [0.717, 1.165) is 35.9 Å². The molecule has 20 heavy (non-hydrogen) atoms. The molecule has 1 saturated carbocycles. The smallest absolute Gasteiger partial charge is 0.241 e. The Morgan fingerprint density at radius 3 is 2.85 bits per heavy atom. The minimum Gasteiger partial charge on any atom is -0.322 e. The van der Waals surface area contributed by atoms with Crippen LogP contribution in [0.3, 0.4) is 0 Å². The molecule has 2 unspecified atom stereocenters. The summed E-state index contributed by atoms with van der Waals surface area (Å²) in [5.74, 6) is 1.07. The summed E-state index contributed by atoms with van der Waals surface area (Å²) in [7, 11) is 0. The van der Waals surface area contributed by atoms with Crippen LogP contribution < -0.4 is 5.32 Å². The first-order chi connectivity index (χ1) is 9.69. The third kappa shape index (κ3) is 2.84. The van der Waals surface area contributed by atoms with Crippen LogP contribution in [-0.4, -0.2) is 23.4 Å². The molecule has 4 heteroatoms. The molecular formula is C16H21ClN2O. The number of carbonyl (C=O) groups is 1. The van der Waals surface area contributed by atoms with Crippen LogP contribution >= 0.6 is 11.6 Å². The normalized spacial score (nSPS) is 26.3. The predicted octanol–water partition coefficient (Wildman–Crippen LogP) is 3.35. The van der Waals surface area contributed by atoms with E-state index < -0.39 is 0 Å².